The second-order valence-electron chi connectivity index (χ2n) is 2.82. The summed E-state index contributed by atoms with van der Waals surface area (Å²) in [7, 11) is 1.21. The highest BCUT2D eigenvalue weighted by Crippen LogP contribution is 2.17. The minimum absolute atomic E-state index is 0.0361. The first-order valence-corrected chi connectivity index (χ1v) is 3.93. The van der Waals surface area contributed by atoms with Crippen molar-refractivity contribution in [1.29, 1.82) is 5.26 Å². The van der Waals surface area contributed by atoms with Crippen molar-refractivity contribution in [1.82, 2.24) is 9.97 Å². The van der Waals surface area contributed by atoms with Gasteiger partial charge >= 0.3 is 6.18 Å². The van der Waals surface area contributed by atoms with Crippen LogP contribution < -0.4 is 4.90 Å². The van der Waals surface area contributed by atoms with Gasteiger partial charge < -0.3 is 4.90 Å². The van der Waals surface area contributed by atoms with Crippen LogP contribution in [0, 0.1) is 11.3 Å². The molecule has 0 atom stereocenters. The Kier molecular flexibility index (Phi) is 3.09. The van der Waals surface area contributed by atoms with Gasteiger partial charge in [0.2, 0.25) is 5.95 Å². The summed E-state index contributed by atoms with van der Waals surface area (Å²) >= 11 is 0. The Balaban J connectivity index is 2.83. The van der Waals surface area contributed by atoms with Crippen LogP contribution in [0.5, 0.6) is 0 Å². The first-order valence-electron chi connectivity index (χ1n) is 3.93. The monoisotopic (exact) mass is 216 g/mol. The van der Waals surface area contributed by atoms with Gasteiger partial charge in [-0.15, -0.1) is 0 Å². The van der Waals surface area contributed by atoms with Gasteiger partial charge in [0.25, 0.3) is 0 Å². The van der Waals surface area contributed by atoms with Gasteiger partial charge in [0.15, 0.2) is 0 Å². The van der Waals surface area contributed by atoms with Gasteiger partial charge in [-0.1, -0.05) is 0 Å². The normalized spacial score (nSPS) is 10.9. The molecule has 4 nitrogen and oxygen atoms in total. The van der Waals surface area contributed by atoms with E-state index in [9.17, 15) is 13.2 Å². The van der Waals surface area contributed by atoms with Crippen molar-refractivity contribution in [3.8, 4) is 6.07 Å². The number of alkyl halides is 3. The zero-order chi connectivity index (χ0) is 11.5. The molecule has 0 radical (unpaired) electrons. The summed E-state index contributed by atoms with van der Waals surface area (Å²) in [5, 5.41) is 8.50. The summed E-state index contributed by atoms with van der Waals surface area (Å²) in [6, 6.07) is 3.05. The van der Waals surface area contributed by atoms with Crippen molar-refractivity contribution in [2.24, 2.45) is 0 Å². The topological polar surface area (TPSA) is 52.8 Å². The Morgan fingerprint density at radius 2 is 2.20 bits per heavy atom. The largest absolute Gasteiger partial charge is 0.406 e. The van der Waals surface area contributed by atoms with E-state index in [-0.39, 0.29) is 11.6 Å². The third-order valence-electron chi connectivity index (χ3n) is 1.52. The van der Waals surface area contributed by atoms with Gasteiger partial charge in [0.1, 0.15) is 18.3 Å². The van der Waals surface area contributed by atoms with Crippen molar-refractivity contribution in [3.63, 3.8) is 0 Å². The van der Waals surface area contributed by atoms with Crippen molar-refractivity contribution < 1.29 is 13.2 Å². The van der Waals surface area contributed by atoms with E-state index in [0.717, 1.165) is 4.90 Å². The molecular formula is C8H7F3N4. The average Bonchev–Trinajstić information content (AvgIpc) is 2.15. The Labute approximate surface area is 84.0 Å². The molecule has 0 saturated carbocycles. The van der Waals surface area contributed by atoms with Crippen molar-refractivity contribution >= 4 is 5.95 Å². The zero-order valence-electron chi connectivity index (χ0n) is 7.78. The third kappa shape index (κ3) is 3.42. The van der Waals surface area contributed by atoms with Gasteiger partial charge in [0, 0.05) is 13.2 Å². The van der Waals surface area contributed by atoms with E-state index >= 15 is 0 Å². The maximum atomic E-state index is 12.0. The van der Waals surface area contributed by atoms with Crippen molar-refractivity contribution in [2.75, 3.05) is 18.5 Å². The minimum atomic E-state index is -4.32. The van der Waals surface area contributed by atoms with Crippen LogP contribution in [0.3, 0.4) is 0 Å². The molecule has 0 aliphatic heterocycles. The van der Waals surface area contributed by atoms with E-state index in [1.54, 1.807) is 6.07 Å². The summed E-state index contributed by atoms with van der Waals surface area (Å²) in [6.45, 7) is -1.15. The summed E-state index contributed by atoms with van der Waals surface area (Å²) < 4.78 is 36.0. The lowest BCUT2D eigenvalue weighted by Gasteiger charge is -2.18. The number of aromatic nitrogens is 2. The maximum absolute atomic E-state index is 12.0. The summed E-state index contributed by atoms with van der Waals surface area (Å²) in [5.41, 5.74) is 0.0361. The lowest BCUT2D eigenvalue weighted by atomic mass is 10.4. The molecule has 7 heteroatoms. The molecule has 0 bridgehead atoms. The molecule has 0 fully saturated rings. The van der Waals surface area contributed by atoms with E-state index in [2.05, 4.69) is 9.97 Å². The third-order valence-corrected chi connectivity index (χ3v) is 1.52. The highest BCUT2D eigenvalue weighted by Gasteiger charge is 2.30. The number of halogens is 3. The van der Waals surface area contributed by atoms with Crippen LogP contribution in [0.4, 0.5) is 19.1 Å². The molecule has 1 rings (SSSR count). The molecule has 15 heavy (non-hydrogen) atoms. The smallest absolute Gasteiger partial charge is 0.335 e. The highest BCUT2D eigenvalue weighted by molar-refractivity contribution is 5.32. The Hall–Kier alpha value is -1.84. The van der Waals surface area contributed by atoms with Crippen LogP contribution >= 0.6 is 0 Å². The second-order valence-corrected chi connectivity index (χ2v) is 2.82. The average molecular weight is 216 g/mol. The molecule has 1 aromatic rings. The van der Waals surface area contributed by atoms with Crippen molar-refractivity contribution in [3.05, 3.63) is 18.0 Å². The van der Waals surface area contributed by atoms with Gasteiger partial charge in [-0.3, -0.25) is 0 Å². The van der Waals surface area contributed by atoms with Gasteiger partial charge in [-0.25, -0.2) is 9.97 Å². The Morgan fingerprint density at radius 1 is 1.53 bits per heavy atom. The number of hydrogen-bond donors (Lipinski definition) is 0. The van der Waals surface area contributed by atoms with Gasteiger partial charge in [-0.2, -0.15) is 18.4 Å². The van der Waals surface area contributed by atoms with Gasteiger partial charge in [-0.05, 0) is 6.07 Å². The Morgan fingerprint density at radius 3 is 2.73 bits per heavy atom. The first-order chi connectivity index (χ1) is 6.92. The molecule has 0 amide bonds. The van der Waals surface area contributed by atoms with E-state index in [1.807, 2.05) is 0 Å². The lowest BCUT2D eigenvalue weighted by molar-refractivity contribution is -0.119. The standard InChI is InChI=1S/C8H7F3N4/c1-15(5-8(9,10)11)7-13-3-2-6(4-12)14-7/h2-3H,5H2,1H3. The zero-order valence-corrected chi connectivity index (χ0v) is 7.78. The molecule has 80 valence electrons. The van der Waals surface area contributed by atoms with Crippen LogP contribution in [0.25, 0.3) is 0 Å². The molecule has 0 saturated heterocycles. The minimum Gasteiger partial charge on any atom is -0.335 e. The number of nitriles is 1. The number of hydrogen-bond acceptors (Lipinski definition) is 4. The predicted molar refractivity (Wildman–Crippen MR) is 46.1 cm³/mol. The second kappa shape index (κ2) is 4.13. The first kappa shape index (κ1) is 11.2. The summed E-state index contributed by atoms with van der Waals surface area (Å²) in [6.07, 6.45) is -3.07. The van der Waals surface area contributed by atoms with E-state index < -0.39 is 12.7 Å². The predicted octanol–water partition coefficient (Wildman–Crippen LogP) is 1.35. The number of rotatable bonds is 2. The van der Waals surface area contributed by atoms with Crippen LogP contribution in [-0.2, 0) is 0 Å². The fourth-order valence-electron chi connectivity index (χ4n) is 0.934. The highest BCUT2D eigenvalue weighted by atomic mass is 19.4. The molecular weight excluding hydrogens is 209 g/mol. The molecule has 0 aliphatic rings. The van der Waals surface area contributed by atoms with Crippen molar-refractivity contribution in [2.45, 2.75) is 6.18 Å². The van der Waals surface area contributed by atoms with Crippen LogP contribution in [-0.4, -0.2) is 29.7 Å². The van der Waals surface area contributed by atoms with E-state index in [1.165, 1.54) is 19.3 Å². The fourth-order valence-corrected chi connectivity index (χ4v) is 0.934. The molecule has 1 aromatic heterocycles. The molecule has 0 unspecified atom stereocenters. The molecule has 0 N–H and O–H groups in total. The SMILES string of the molecule is CN(CC(F)(F)F)c1nccc(C#N)n1. The lowest BCUT2D eigenvalue weighted by Crippen LogP contribution is -2.32. The van der Waals surface area contributed by atoms with Crippen LogP contribution in [0.2, 0.25) is 0 Å². The molecule has 0 spiro atoms. The summed E-state index contributed by atoms with van der Waals surface area (Å²) in [5.74, 6) is -0.119. The number of nitrogens with zero attached hydrogens (tertiary/aromatic N) is 4. The number of anilines is 1. The quantitative estimate of drug-likeness (QED) is 0.748. The van der Waals surface area contributed by atoms with Crippen LogP contribution in [0.15, 0.2) is 12.3 Å². The Bertz CT molecular complexity index is 382. The molecule has 1 heterocycles. The molecule has 0 aliphatic carbocycles. The van der Waals surface area contributed by atoms with E-state index in [4.69, 9.17) is 5.26 Å². The fraction of sp³-hybridized carbons (Fsp3) is 0.375. The van der Waals surface area contributed by atoms with E-state index in [0.29, 0.717) is 0 Å². The van der Waals surface area contributed by atoms with Gasteiger partial charge in [0.05, 0.1) is 0 Å². The maximum Gasteiger partial charge on any atom is 0.406 e. The molecule has 0 aromatic carbocycles. The van der Waals surface area contributed by atoms with Crippen LogP contribution in [0.1, 0.15) is 5.69 Å². The summed E-state index contributed by atoms with van der Waals surface area (Å²) in [4.78, 5) is 8.10.